The first-order chi connectivity index (χ1) is 6.20. The number of hydrogen-bond donors (Lipinski definition) is 2. The fourth-order valence-electron chi connectivity index (χ4n) is 1.10. The van der Waals surface area contributed by atoms with Crippen LogP contribution in [0.1, 0.15) is 25.5 Å². The Kier molecular flexibility index (Phi) is 3.86. The van der Waals surface area contributed by atoms with Crippen LogP contribution < -0.4 is 5.32 Å². The molecule has 3 heteroatoms. The van der Waals surface area contributed by atoms with Gasteiger partial charge in [0, 0.05) is 25.0 Å². The summed E-state index contributed by atoms with van der Waals surface area (Å²) in [7, 11) is 0. The van der Waals surface area contributed by atoms with Crippen molar-refractivity contribution in [1.29, 1.82) is 0 Å². The molecule has 0 amide bonds. The van der Waals surface area contributed by atoms with Gasteiger partial charge in [-0.15, -0.1) is 0 Å². The Morgan fingerprint density at radius 3 is 2.85 bits per heavy atom. The van der Waals surface area contributed by atoms with Crippen LogP contribution >= 0.6 is 0 Å². The molecule has 0 aliphatic carbocycles. The maximum Gasteiger partial charge on any atom is 0.0636 e. The van der Waals surface area contributed by atoms with Crippen LogP contribution in [0.2, 0.25) is 0 Å². The molecule has 2 atom stereocenters. The smallest absolute Gasteiger partial charge is 0.0636 e. The summed E-state index contributed by atoms with van der Waals surface area (Å²) in [6.45, 7) is 4.43. The van der Waals surface area contributed by atoms with E-state index in [9.17, 15) is 0 Å². The van der Waals surface area contributed by atoms with Crippen LogP contribution in [0.4, 0.5) is 0 Å². The van der Waals surface area contributed by atoms with Crippen molar-refractivity contribution in [3.05, 3.63) is 30.1 Å². The lowest BCUT2D eigenvalue weighted by atomic mass is 10.1. The van der Waals surface area contributed by atoms with E-state index in [1.165, 1.54) is 0 Å². The molecule has 13 heavy (non-hydrogen) atoms. The van der Waals surface area contributed by atoms with Crippen molar-refractivity contribution in [3.63, 3.8) is 0 Å². The lowest BCUT2D eigenvalue weighted by Gasteiger charge is -2.14. The summed E-state index contributed by atoms with van der Waals surface area (Å²) in [4.78, 5) is 4.03. The molecule has 2 unspecified atom stereocenters. The van der Waals surface area contributed by atoms with E-state index in [4.69, 9.17) is 5.11 Å². The summed E-state index contributed by atoms with van der Waals surface area (Å²) in [6.07, 6.45) is 3.28. The minimum absolute atomic E-state index is 0.239. The molecule has 1 rings (SSSR count). The van der Waals surface area contributed by atoms with Crippen LogP contribution in [0.15, 0.2) is 24.5 Å². The average molecular weight is 180 g/mol. The lowest BCUT2D eigenvalue weighted by Crippen LogP contribution is -2.27. The molecule has 0 aromatic carbocycles. The molecule has 3 nitrogen and oxygen atoms in total. The largest absolute Gasteiger partial charge is 0.392 e. The second kappa shape index (κ2) is 4.94. The lowest BCUT2D eigenvalue weighted by molar-refractivity contribution is 0.187. The molecule has 0 radical (unpaired) electrons. The van der Waals surface area contributed by atoms with Crippen molar-refractivity contribution in [2.45, 2.75) is 26.0 Å². The molecule has 0 spiro atoms. The summed E-state index contributed by atoms with van der Waals surface area (Å²) < 4.78 is 0. The van der Waals surface area contributed by atoms with Crippen molar-refractivity contribution in [2.75, 3.05) is 6.54 Å². The van der Waals surface area contributed by atoms with Crippen molar-refractivity contribution >= 4 is 0 Å². The van der Waals surface area contributed by atoms with Gasteiger partial charge in [-0.05, 0) is 25.5 Å². The van der Waals surface area contributed by atoms with Crippen molar-refractivity contribution in [1.82, 2.24) is 10.3 Å². The maximum absolute atomic E-state index is 9.07. The van der Waals surface area contributed by atoms with E-state index >= 15 is 0 Å². The maximum atomic E-state index is 9.07. The number of aromatic nitrogens is 1. The molecule has 1 aromatic heterocycles. The monoisotopic (exact) mass is 180 g/mol. The predicted molar refractivity (Wildman–Crippen MR) is 52.3 cm³/mol. The van der Waals surface area contributed by atoms with Crippen LogP contribution in [-0.2, 0) is 0 Å². The number of nitrogens with zero attached hydrogens (tertiary/aromatic N) is 1. The van der Waals surface area contributed by atoms with Gasteiger partial charge in [-0.2, -0.15) is 0 Å². The van der Waals surface area contributed by atoms with Crippen LogP contribution in [0.5, 0.6) is 0 Å². The highest BCUT2D eigenvalue weighted by atomic mass is 16.3. The Labute approximate surface area is 78.8 Å². The number of rotatable bonds is 4. The molecular weight excluding hydrogens is 164 g/mol. The number of pyridine rings is 1. The zero-order valence-corrected chi connectivity index (χ0v) is 8.07. The highest BCUT2D eigenvalue weighted by Crippen LogP contribution is 2.08. The van der Waals surface area contributed by atoms with Gasteiger partial charge >= 0.3 is 0 Å². The Bertz CT molecular complexity index is 236. The zero-order chi connectivity index (χ0) is 9.68. The fraction of sp³-hybridized carbons (Fsp3) is 0.500. The van der Waals surface area contributed by atoms with E-state index in [0.29, 0.717) is 6.54 Å². The van der Waals surface area contributed by atoms with E-state index in [1.807, 2.05) is 18.3 Å². The molecular formula is C10H16N2O. The van der Waals surface area contributed by atoms with E-state index in [1.54, 1.807) is 13.1 Å². The Balaban J connectivity index is 2.44. The topological polar surface area (TPSA) is 45.1 Å². The Morgan fingerprint density at radius 2 is 2.31 bits per heavy atom. The highest BCUT2D eigenvalue weighted by Gasteiger charge is 2.04. The van der Waals surface area contributed by atoms with Gasteiger partial charge in [0.25, 0.3) is 0 Å². The van der Waals surface area contributed by atoms with E-state index < -0.39 is 0 Å². The third-order valence-corrected chi connectivity index (χ3v) is 1.90. The molecule has 1 heterocycles. The standard InChI is InChI=1S/C10H16N2O/c1-8(13)6-12-9(2)10-4-3-5-11-7-10/h3-5,7-9,12-13H,6H2,1-2H3. The van der Waals surface area contributed by atoms with Gasteiger partial charge in [0.05, 0.1) is 6.10 Å². The minimum Gasteiger partial charge on any atom is -0.392 e. The van der Waals surface area contributed by atoms with Gasteiger partial charge in [0.2, 0.25) is 0 Å². The van der Waals surface area contributed by atoms with Crippen molar-refractivity contribution in [2.24, 2.45) is 0 Å². The second-order valence-corrected chi connectivity index (χ2v) is 3.27. The van der Waals surface area contributed by atoms with Crippen molar-refractivity contribution < 1.29 is 5.11 Å². The first-order valence-electron chi connectivity index (χ1n) is 4.51. The van der Waals surface area contributed by atoms with Gasteiger partial charge in [0.15, 0.2) is 0 Å². The fourth-order valence-corrected chi connectivity index (χ4v) is 1.10. The van der Waals surface area contributed by atoms with E-state index in [-0.39, 0.29) is 12.1 Å². The SMILES string of the molecule is CC(O)CNC(C)c1cccnc1. The summed E-state index contributed by atoms with van der Waals surface area (Å²) in [5, 5.41) is 12.3. The molecule has 0 fully saturated rings. The first-order valence-corrected chi connectivity index (χ1v) is 4.51. The normalized spacial score (nSPS) is 15.3. The second-order valence-electron chi connectivity index (χ2n) is 3.27. The van der Waals surface area contributed by atoms with E-state index in [0.717, 1.165) is 5.56 Å². The molecule has 0 saturated carbocycles. The van der Waals surface area contributed by atoms with Gasteiger partial charge < -0.3 is 10.4 Å². The third kappa shape index (κ3) is 3.53. The Hall–Kier alpha value is -0.930. The van der Waals surface area contributed by atoms with Crippen LogP contribution in [0.3, 0.4) is 0 Å². The molecule has 1 aromatic rings. The molecule has 72 valence electrons. The number of aliphatic hydroxyl groups excluding tert-OH is 1. The van der Waals surface area contributed by atoms with Gasteiger partial charge in [-0.25, -0.2) is 0 Å². The van der Waals surface area contributed by atoms with Crippen LogP contribution in [0.25, 0.3) is 0 Å². The Morgan fingerprint density at radius 1 is 1.54 bits per heavy atom. The molecule has 0 bridgehead atoms. The summed E-state index contributed by atoms with van der Waals surface area (Å²) in [5.41, 5.74) is 1.14. The summed E-state index contributed by atoms with van der Waals surface area (Å²) >= 11 is 0. The molecule has 0 saturated heterocycles. The van der Waals surface area contributed by atoms with Gasteiger partial charge in [0.1, 0.15) is 0 Å². The number of aliphatic hydroxyl groups is 1. The van der Waals surface area contributed by atoms with Crippen LogP contribution in [0, 0.1) is 0 Å². The van der Waals surface area contributed by atoms with E-state index in [2.05, 4.69) is 17.2 Å². The van der Waals surface area contributed by atoms with Gasteiger partial charge in [-0.1, -0.05) is 6.07 Å². The van der Waals surface area contributed by atoms with Gasteiger partial charge in [-0.3, -0.25) is 4.98 Å². The van der Waals surface area contributed by atoms with Crippen molar-refractivity contribution in [3.8, 4) is 0 Å². The van der Waals surface area contributed by atoms with Crippen LogP contribution in [-0.4, -0.2) is 22.7 Å². The average Bonchev–Trinajstić information content (AvgIpc) is 2.15. The third-order valence-electron chi connectivity index (χ3n) is 1.90. The molecule has 2 N–H and O–H groups in total. The quantitative estimate of drug-likeness (QED) is 0.729. The highest BCUT2D eigenvalue weighted by molar-refractivity contribution is 5.12. The number of hydrogen-bond acceptors (Lipinski definition) is 3. The predicted octanol–water partition coefficient (Wildman–Crippen LogP) is 1.11. The number of nitrogens with one attached hydrogen (secondary N) is 1. The summed E-state index contributed by atoms with van der Waals surface area (Å²) in [6, 6.07) is 4.17. The first kappa shape index (κ1) is 10.2. The molecule has 0 aliphatic heterocycles. The molecule has 0 aliphatic rings. The summed E-state index contributed by atoms with van der Waals surface area (Å²) in [5.74, 6) is 0. The zero-order valence-electron chi connectivity index (χ0n) is 8.07. The minimum atomic E-state index is -0.306.